The number of imide groups is 1. The number of rotatable bonds is 4. The van der Waals surface area contributed by atoms with Crippen molar-refractivity contribution >= 4 is 28.9 Å². The lowest BCUT2D eigenvalue weighted by Gasteiger charge is -2.20. The molecule has 2 aromatic rings. The highest BCUT2D eigenvalue weighted by Crippen LogP contribution is 2.25. The van der Waals surface area contributed by atoms with Crippen molar-refractivity contribution in [2.45, 2.75) is 46.6 Å². The van der Waals surface area contributed by atoms with E-state index >= 15 is 0 Å². The van der Waals surface area contributed by atoms with E-state index in [1.54, 1.807) is 20.8 Å². The topological polar surface area (TPSA) is 97.6 Å². The van der Waals surface area contributed by atoms with Gasteiger partial charge in [0.25, 0.3) is 5.91 Å². The van der Waals surface area contributed by atoms with Crippen LogP contribution < -0.4 is 10.6 Å². The number of carbonyl (C=O) groups is 3. The van der Waals surface area contributed by atoms with Gasteiger partial charge in [-0.3, -0.25) is 14.9 Å². The molecule has 0 fully saturated rings. The fourth-order valence-corrected chi connectivity index (χ4v) is 2.36. The molecule has 0 unspecified atom stereocenters. The minimum atomic E-state index is -0.691. The van der Waals surface area contributed by atoms with Crippen molar-refractivity contribution in [1.29, 1.82) is 0 Å². The summed E-state index contributed by atoms with van der Waals surface area (Å²) in [6, 6.07) is 3.24. The van der Waals surface area contributed by atoms with E-state index in [0.717, 1.165) is 16.5 Å². The van der Waals surface area contributed by atoms with Crippen LogP contribution in [0.3, 0.4) is 0 Å². The lowest BCUT2D eigenvalue weighted by molar-refractivity contribution is -0.147. The zero-order valence-corrected chi connectivity index (χ0v) is 15.7. The highest BCUT2D eigenvalue weighted by atomic mass is 16.5. The van der Waals surface area contributed by atoms with Crippen molar-refractivity contribution in [2.75, 3.05) is 6.61 Å². The van der Waals surface area contributed by atoms with Gasteiger partial charge in [-0.05, 0) is 57.9 Å². The normalized spacial score (nSPS) is 11.3. The lowest BCUT2D eigenvalue weighted by Crippen LogP contribution is -2.49. The Morgan fingerprint density at radius 3 is 2.42 bits per heavy atom. The van der Waals surface area contributed by atoms with E-state index in [0.29, 0.717) is 11.1 Å². The number of hydrogen-bond donors (Lipinski definition) is 2. The van der Waals surface area contributed by atoms with E-state index in [9.17, 15) is 14.4 Å². The van der Waals surface area contributed by atoms with Crippen LogP contribution in [0.2, 0.25) is 0 Å². The van der Waals surface area contributed by atoms with E-state index < -0.39 is 30.1 Å². The molecule has 2 N–H and O–H groups in total. The molecule has 1 heterocycles. The SMILES string of the molecule is Cc1cc2occ(CC(=O)OCC(=O)NC(=O)NC(C)(C)C)c2cc1C. The molecule has 7 heteroatoms. The predicted molar refractivity (Wildman–Crippen MR) is 96.8 cm³/mol. The number of furan rings is 1. The van der Waals surface area contributed by atoms with Crippen molar-refractivity contribution < 1.29 is 23.5 Å². The Kier molecular flexibility index (Phi) is 5.69. The number of amides is 3. The Hall–Kier alpha value is -2.83. The Morgan fingerprint density at radius 1 is 1.12 bits per heavy atom. The number of carbonyl (C=O) groups excluding carboxylic acids is 3. The smallest absolute Gasteiger partial charge is 0.321 e. The van der Waals surface area contributed by atoms with Gasteiger partial charge in [-0.15, -0.1) is 0 Å². The molecule has 1 aromatic carbocycles. The summed E-state index contributed by atoms with van der Waals surface area (Å²) in [5.74, 6) is -1.26. The third-order valence-electron chi connectivity index (χ3n) is 3.71. The van der Waals surface area contributed by atoms with E-state index in [4.69, 9.17) is 9.15 Å². The minimum absolute atomic E-state index is 0.0169. The van der Waals surface area contributed by atoms with Crippen LogP contribution in [-0.2, 0) is 20.7 Å². The summed E-state index contributed by atoms with van der Waals surface area (Å²) < 4.78 is 10.4. The van der Waals surface area contributed by atoms with Gasteiger partial charge in [0.15, 0.2) is 6.61 Å². The highest BCUT2D eigenvalue weighted by molar-refractivity contribution is 5.96. The van der Waals surface area contributed by atoms with Gasteiger partial charge in [-0.2, -0.15) is 0 Å². The third-order valence-corrected chi connectivity index (χ3v) is 3.71. The number of fused-ring (bicyclic) bond motifs is 1. The van der Waals surface area contributed by atoms with Crippen molar-refractivity contribution in [3.05, 3.63) is 35.1 Å². The standard InChI is InChI=1S/C19H24N2O5/c1-11-6-14-13(9-25-15(14)7-12(11)2)8-17(23)26-10-16(22)20-18(24)21-19(3,4)5/h6-7,9H,8,10H2,1-5H3,(H2,20,21,22,24). The van der Waals surface area contributed by atoms with Gasteiger partial charge in [-0.25, -0.2) is 4.79 Å². The summed E-state index contributed by atoms with van der Waals surface area (Å²) in [5.41, 5.74) is 3.12. The Bertz CT molecular complexity index is 845. The Morgan fingerprint density at radius 2 is 1.77 bits per heavy atom. The first-order chi connectivity index (χ1) is 12.0. The zero-order valence-electron chi connectivity index (χ0n) is 15.7. The summed E-state index contributed by atoms with van der Waals surface area (Å²) in [7, 11) is 0. The highest BCUT2D eigenvalue weighted by Gasteiger charge is 2.17. The maximum atomic E-state index is 12.0. The molecule has 3 amide bonds. The van der Waals surface area contributed by atoms with E-state index in [2.05, 4.69) is 10.6 Å². The first-order valence-corrected chi connectivity index (χ1v) is 8.30. The molecule has 0 aliphatic heterocycles. The van der Waals surface area contributed by atoms with Gasteiger partial charge in [0.2, 0.25) is 0 Å². The van der Waals surface area contributed by atoms with Crippen LogP contribution in [0.1, 0.15) is 37.5 Å². The molecule has 0 radical (unpaired) electrons. The van der Waals surface area contributed by atoms with E-state index in [1.807, 2.05) is 26.0 Å². The number of urea groups is 1. The number of esters is 1. The van der Waals surface area contributed by atoms with Gasteiger partial charge < -0.3 is 14.5 Å². The van der Waals surface area contributed by atoms with Crippen molar-refractivity contribution in [1.82, 2.24) is 10.6 Å². The molecule has 0 atom stereocenters. The van der Waals surface area contributed by atoms with Gasteiger partial charge in [-0.1, -0.05) is 0 Å². The number of ether oxygens (including phenoxy) is 1. The number of aryl methyl sites for hydroxylation is 2. The minimum Gasteiger partial charge on any atom is -0.464 e. The maximum absolute atomic E-state index is 12.0. The molecular formula is C19H24N2O5. The van der Waals surface area contributed by atoms with Crippen LogP contribution >= 0.6 is 0 Å². The molecular weight excluding hydrogens is 336 g/mol. The van der Waals surface area contributed by atoms with Gasteiger partial charge in [0.05, 0.1) is 12.7 Å². The second kappa shape index (κ2) is 7.59. The van der Waals surface area contributed by atoms with Crippen LogP contribution in [0, 0.1) is 13.8 Å². The van der Waals surface area contributed by atoms with Crippen molar-refractivity contribution in [3.8, 4) is 0 Å². The van der Waals surface area contributed by atoms with Crippen LogP contribution in [0.5, 0.6) is 0 Å². The van der Waals surface area contributed by atoms with Crippen LogP contribution in [0.4, 0.5) is 4.79 Å². The molecule has 0 saturated heterocycles. The molecule has 0 aliphatic carbocycles. The van der Waals surface area contributed by atoms with Crippen LogP contribution in [0.25, 0.3) is 11.0 Å². The average molecular weight is 360 g/mol. The Labute approximate surface area is 152 Å². The summed E-state index contributed by atoms with van der Waals surface area (Å²) >= 11 is 0. The molecule has 0 aliphatic rings. The fourth-order valence-electron chi connectivity index (χ4n) is 2.36. The third kappa shape index (κ3) is 5.34. The average Bonchev–Trinajstić information content (AvgIpc) is 2.86. The largest absolute Gasteiger partial charge is 0.464 e. The van der Waals surface area contributed by atoms with Gasteiger partial charge >= 0.3 is 12.0 Å². The number of nitrogens with one attached hydrogen (secondary N) is 2. The molecule has 7 nitrogen and oxygen atoms in total. The second-order valence-electron chi connectivity index (χ2n) is 7.28. The van der Waals surface area contributed by atoms with E-state index in [-0.39, 0.29) is 6.42 Å². The van der Waals surface area contributed by atoms with E-state index in [1.165, 1.54) is 6.26 Å². The molecule has 0 spiro atoms. The first kappa shape index (κ1) is 19.5. The monoisotopic (exact) mass is 360 g/mol. The van der Waals surface area contributed by atoms with Crippen LogP contribution in [-0.4, -0.2) is 30.1 Å². The fraction of sp³-hybridized carbons (Fsp3) is 0.421. The quantitative estimate of drug-likeness (QED) is 0.817. The predicted octanol–water partition coefficient (Wildman–Crippen LogP) is 2.76. The molecule has 1 aromatic heterocycles. The van der Waals surface area contributed by atoms with Crippen molar-refractivity contribution in [3.63, 3.8) is 0 Å². The molecule has 140 valence electrons. The summed E-state index contributed by atoms with van der Waals surface area (Å²) in [6.45, 7) is 8.81. The van der Waals surface area contributed by atoms with Gasteiger partial charge in [0.1, 0.15) is 5.58 Å². The zero-order chi connectivity index (χ0) is 19.5. The molecule has 2 rings (SSSR count). The molecule has 0 saturated carbocycles. The summed E-state index contributed by atoms with van der Waals surface area (Å²) in [5, 5.41) is 5.54. The first-order valence-electron chi connectivity index (χ1n) is 8.30. The molecule has 26 heavy (non-hydrogen) atoms. The maximum Gasteiger partial charge on any atom is 0.321 e. The van der Waals surface area contributed by atoms with Crippen LogP contribution in [0.15, 0.2) is 22.8 Å². The van der Waals surface area contributed by atoms with Gasteiger partial charge in [0, 0.05) is 16.5 Å². The summed E-state index contributed by atoms with van der Waals surface area (Å²) in [4.78, 5) is 35.2. The summed E-state index contributed by atoms with van der Waals surface area (Å²) in [6.07, 6.45) is 1.50. The second-order valence-corrected chi connectivity index (χ2v) is 7.28. The molecule has 0 bridgehead atoms. The van der Waals surface area contributed by atoms with Crippen molar-refractivity contribution in [2.24, 2.45) is 0 Å². The number of benzene rings is 1. The lowest BCUT2D eigenvalue weighted by atomic mass is 10.0. The number of hydrogen-bond acceptors (Lipinski definition) is 5. The Balaban J connectivity index is 1.88.